The van der Waals surface area contributed by atoms with Crippen LogP contribution in [0.2, 0.25) is 0 Å². The van der Waals surface area contributed by atoms with Gasteiger partial charge in [-0.3, -0.25) is 19.3 Å². The van der Waals surface area contributed by atoms with E-state index in [9.17, 15) is 24.0 Å². The van der Waals surface area contributed by atoms with Gasteiger partial charge in [0.2, 0.25) is 5.91 Å². The number of hydrogen-bond acceptors (Lipinski definition) is 6. The minimum Gasteiger partial charge on any atom is -0.480 e. The molecule has 21 heavy (non-hydrogen) atoms. The lowest BCUT2D eigenvalue weighted by molar-refractivity contribution is -0.149. The molecule has 0 radical (unpaired) electrons. The highest BCUT2D eigenvalue weighted by Crippen LogP contribution is 2.07. The summed E-state index contributed by atoms with van der Waals surface area (Å²) in [5, 5.41) is 11.0. The van der Waals surface area contributed by atoms with Gasteiger partial charge < -0.3 is 20.1 Å². The lowest BCUT2D eigenvalue weighted by Gasteiger charge is -2.17. The molecule has 1 aliphatic heterocycles. The number of ether oxygens (including phenoxy) is 1. The summed E-state index contributed by atoms with van der Waals surface area (Å²) in [6.07, 6.45) is -0.556. The van der Waals surface area contributed by atoms with Crippen LogP contribution in [0.1, 0.15) is 6.42 Å². The molecule has 0 aromatic carbocycles. The monoisotopic (exact) mass is 301 g/mol. The van der Waals surface area contributed by atoms with Crippen molar-refractivity contribution < 1.29 is 33.8 Å². The zero-order chi connectivity index (χ0) is 16.2. The first-order valence-corrected chi connectivity index (χ1v) is 5.90. The third-order valence-corrected chi connectivity index (χ3v) is 2.76. The van der Waals surface area contributed by atoms with Crippen molar-refractivity contribution in [2.45, 2.75) is 12.5 Å². The van der Waals surface area contributed by atoms with Gasteiger partial charge in [0.05, 0.1) is 13.5 Å². The molecule has 0 unspecified atom stereocenters. The number of nitrogens with zero attached hydrogens (tertiary/aromatic N) is 2. The van der Waals surface area contributed by atoms with Gasteiger partial charge in [0.1, 0.15) is 19.1 Å². The average Bonchev–Trinajstić information content (AvgIpc) is 2.64. The Balaban J connectivity index is 2.62. The summed E-state index contributed by atoms with van der Waals surface area (Å²) in [5.41, 5.74) is 0. The zero-order valence-corrected chi connectivity index (χ0v) is 11.5. The molecule has 0 bridgehead atoms. The van der Waals surface area contributed by atoms with Gasteiger partial charge in [0, 0.05) is 7.05 Å². The highest BCUT2D eigenvalue weighted by Gasteiger charge is 2.35. The number of likely N-dealkylation sites (N-methyl/N-ethyl adjacent to an activating group) is 1. The number of amides is 4. The molecule has 1 saturated heterocycles. The number of imide groups is 1. The number of aliphatic carboxylic acids is 1. The van der Waals surface area contributed by atoms with Crippen LogP contribution in [-0.2, 0) is 23.9 Å². The van der Waals surface area contributed by atoms with Gasteiger partial charge in [-0.25, -0.2) is 9.59 Å². The highest BCUT2D eigenvalue weighted by molar-refractivity contribution is 6.04. The van der Waals surface area contributed by atoms with Crippen molar-refractivity contribution in [3.63, 3.8) is 0 Å². The summed E-state index contributed by atoms with van der Waals surface area (Å²) < 4.78 is 4.32. The third-order valence-electron chi connectivity index (χ3n) is 2.76. The fourth-order valence-electron chi connectivity index (χ4n) is 1.66. The van der Waals surface area contributed by atoms with Gasteiger partial charge in [-0.1, -0.05) is 0 Å². The minimum absolute atomic E-state index is 0.142. The summed E-state index contributed by atoms with van der Waals surface area (Å²) in [6, 6.07) is -2.13. The van der Waals surface area contributed by atoms with Gasteiger partial charge >= 0.3 is 18.0 Å². The van der Waals surface area contributed by atoms with Crippen molar-refractivity contribution in [2.24, 2.45) is 0 Å². The van der Waals surface area contributed by atoms with E-state index in [2.05, 4.69) is 10.1 Å². The quantitative estimate of drug-likeness (QED) is 0.428. The summed E-state index contributed by atoms with van der Waals surface area (Å²) in [6.45, 7) is -0.746. The summed E-state index contributed by atoms with van der Waals surface area (Å²) >= 11 is 0. The van der Waals surface area contributed by atoms with Crippen LogP contribution in [0.15, 0.2) is 0 Å². The van der Waals surface area contributed by atoms with Crippen molar-refractivity contribution in [2.75, 3.05) is 27.2 Å². The number of carbonyl (C=O) groups is 5. The largest absolute Gasteiger partial charge is 0.480 e. The van der Waals surface area contributed by atoms with Gasteiger partial charge in [-0.2, -0.15) is 0 Å². The van der Waals surface area contributed by atoms with Crippen LogP contribution in [0.25, 0.3) is 0 Å². The molecular formula is C11H15N3O7. The molecule has 0 aromatic heterocycles. The number of nitrogens with one attached hydrogen (secondary N) is 1. The molecule has 1 heterocycles. The van der Waals surface area contributed by atoms with E-state index < -0.39 is 48.8 Å². The second kappa shape index (κ2) is 6.68. The van der Waals surface area contributed by atoms with Crippen LogP contribution < -0.4 is 5.32 Å². The van der Waals surface area contributed by atoms with Gasteiger partial charge in [-0.05, 0) is 0 Å². The molecule has 10 heteroatoms. The first-order chi connectivity index (χ1) is 9.76. The molecule has 10 nitrogen and oxygen atoms in total. The molecule has 1 rings (SSSR count). The highest BCUT2D eigenvalue weighted by atomic mass is 16.5. The van der Waals surface area contributed by atoms with Crippen molar-refractivity contribution in [3.8, 4) is 0 Å². The van der Waals surface area contributed by atoms with E-state index in [1.165, 1.54) is 7.05 Å². The maximum Gasteiger partial charge on any atom is 0.327 e. The van der Waals surface area contributed by atoms with Crippen LogP contribution >= 0.6 is 0 Å². The van der Waals surface area contributed by atoms with Gasteiger partial charge in [0.25, 0.3) is 5.91 Å². The van der Waals surface area contributed by atoms with Crippen LogP contribution in [0.4, 0.5) is 4.79 Å². The SMILES string of the molecule is COC(=O)C[C@H](NC(=O)CN1C(=O)CN(C)C1=O)C(=O)O. The number of carboxylic acids is 1. The predicted molar refractivity (Wildman–Crippen MR) is 65.9 cm³/mol. The van der Waals surface area contributed by atoms with E-state index in [4.69, 9.17) is 5.11 Å². The molecule has 1 aliphatic rings. The van der Waals surface area contributed by atoms with E-state index in [0.29, 0.717) is 4.90 Å². The van der Waals surface area contributed by atoms with E-state index in [-0.39, 0.29) is 6.54 Å². The van der Waals surface area contributed by atoms with Crippen LogP contribution in [0.5, 0.6) is 0 Å². The lowest BCUT2D eigenvalue weighted by atomic mass is 10.2. The molecule has 0 spiro atoms. The van der Waals surface area contributed by atoms with E-state index in [0.717, 1.165) is 12.0 Å². The maximum atomic E-state index is 11.7. The number of carboxylic acid groups (broad SMARTS) is 1. The standard InChI is InChI=1S/C11H15N3O7/c1-13-5-8(16)14(11(13)20)4-7(15)12-6(10(18)19)3-9(17)21-2/h6H,3-5H2,1-2H3,(H,12,15)(H,18,19)/t6-/m0/s1. The minimum atomic E-state index is -1.49. The van der Waals surface area contributed by atoms with E-state index >= 15 is 0 Å². The molecule has 1 fully saturated rings. The zero-order valence-electron chi connectivity index (χ0n) is 11.5. The topological polar surface area (TPSA) is 133 Å². The van der Waals surface area contributed by atoms with Crippen molar-refractivity contribution >= 4 is 29.8 Å². The summed E-state index contributed by atoms with van der Waals surface area (Å²) in [4.78, 5) is 58.5. The molecule has 0 aliphatic carbocycles. The third kappa shape index (κ3) is 4.16. The van der Waals surface area contributed by atoms with E-state index in [1.807, 2.05) is 0 Å². The predicted octanol–water partition coefficient (Wildman–Crippen LogP) is -1.99. The maximum absolute atomic E-state index is 11.7. The number of esters is 1. The second-order valence-corrected chi connectivity index (χ2v) is 4.36. The lowest BCUT2D eigenvalue weighted by Crippen LogP contribution is -2.48. The first-order valence-electron chi connectivity index (χ1n) is 5.90. The molecule has 1 atom stereocenters. The van der Waals surface area contributed by atoms with Crippen molar-refractivity contribution in [3.05, 3.63) is 0 Å². The number of urea groups is 1. The van der Waals surface area contributed by atoms with Gasteiger partial charge in [-0.15, -0.1) is 0 Å². The van der Waals surface area contributed by atoms with Crippen molar-refractivity contribution in [1.29, 1.82) is 0 Å². The van der Waals surface area contributed by atoms with Gasteiger partial charge in [0.15, 0.2) is 0 Å². The Morgan fingerprint density at radius 2 is 2.00 bits per heavy atom. The molecule has 116 valence electrons. The average molecular weight is 301 g/mol. The normalized spacial score (nSPS) is 15.9. The fourth-order valence-corrected chi connectivity index (χ4v) is 1.66. The Morgan fingerprint density at radius 1 is 1.38 bits per heavy atom. The van der Waals surface area contributed by atoms with Crippen LogP contribution in [-0.4, -0.2) is 78.0 Å². The summed E-state index contributed by atoms with van der Waals surface area (Å²) in [5.74, 6) is -3.65. The first kappa shape index (κ1) is 16.4. The number of methoxy groups -OCH3 is 1. The van der Waals surface area contributed by atoms with Crippen LogP contribution in [0, 0.1) is 0 Å². The van der Waals surface area contributed by atoms with E-state index in [1.54, 1.807) is 0 Å². The Morgan fingerprint density at radius 3 is 2.43 bits per heavy atom. The molecular weight excluding hydrogens is 286 g/mol. The Hall–Kier alpha value is -2.65. The molecule has 0 saturated carbocycles. The number of rotatable bonds is 6. The Bertz CT molecular complexity index is 490. The Kier molecular flexibility index (Phi) is 5.22. The molecule has 2 N–H and O–H groups in total. The Labute approximate surface area is 119 Å². The van der Waals surface area contributed by atoms with Crippen LogP contribution in [0.3, 0.4) is 0 Å². The number of hydrogen-bond donors (Lipinski definition) is 2. The summed E-state index contributed by atoms with van der Waals surface area (Å²) in [7, 11) is 2.48. The smallest absolute Gasteiger partial charge is 0.327 e. The fraction of sp³-hybridized carbons (Fsp3) is 0.545. The second-order valence-electron chi connectivity index (χ2n) is 4.36. The molecule has 4 amide bonds. The molecule has 0 aromatic rings. The number of carbonyl (C=O) groups excluding carboxylic acids is 4. The van der Waals surface area contributed by atoms with Crippen molar-refractivity contribution in [1.82, 2.24) is 15.1 Å².